The highest BCUT2D eigenvalue weighted by Gasteiger charge is 2.24. The highest BCUT2D eigenvalue weighted by molar-refractivity contribution is 9.10. The minimum Gasteiger partial charge on any atom is -0.504 e. The number of hydrogen-bond acceptors (Lipinski definition) is 2. The molecule has 1 heterocycles. The third kappa shape index (κ3) is 4.29. The molecule has 1 aliphatic heterocycles. The van der Waals surface area contributed by atoms with Crippen molar-refractivity contribution in [3.05, 3.63) is 58.1 Å². The second-order valence-corrected chi connectivity index (χ2v) is 7.37. The van der Waals surface area contributed by atoms with Crippen LogP contribution in [0.4, 0.5) is 0 Å². The predicted molar refractivity (Wildman–Crippen MR) is 97.6 cm³/mol. The summed E-state index contributed by atoms with van der Waals surface area (Å²) in [5, 5.41) is 10.3. The summed E-state index contributed by atoms with van der Waals surface area (Å²) in [6.07, 6.45) is 0. The summed E-state index contributed by atoms with van der Waals surface area (Å²) in [7, 11) is 1.59. The predicted octanol–water partition coefficient (Wildman–Crippen LogP) is 0.647. The lowest BCUT2D eigenvalue weighted by Crippen LogP contribution is -3.27. The van der Waals surface area contributed by atoms with Gasteiger partial charge in [-0.1, -0.05) is 46.3 Å². The average Bonchev–Trinajstić information content (AvgIpc) is 2.60. The van der Waals surface area contributed by atoms with Crippen LogP contribution in [0, 0.1) is 0 Å². The molecule has 3 rings (SSSR count). The van der Waals surface area contributed by atoms with Crippen LogP contribution >= 0.6 is 15.9 Å². The topological polar surface area (TPSA) is 38.3 Å². The van der Waals surface area contributed by atoms with E-state index in [2.05, 4.69) is 46.3 Å². The number of benzene rings is 2. The molecule has 128 valence electrons. The summed E-state index contributed by atoms with van der Waals surface area (Å²) in [4.78, 5) is 3.16. The van der Waals surface area contributed by atoms with Crippen molar-refractivity contribution >= 4 is 15.9 Å². The van der Waals surface area contributed by atoms with E-state index in [1.54, 1.807) is 18.1 Å². The lowest BCUT2D eigenvalue weighted by Gasteiger charge is -2.30. The van der Waals surface area contributed by atoms with Gasteiger partial charge in [-0.3, -0.25) is 0 Å². The number of phenolic OH excluding ortho intramolecular Hbond substituents is 1. The van der Waals surface area contributed by atoms with Crippen molar-refractivity contribution in [2.45, 2.75) is 13.1 Å². The minimum atomic E-state index is 0.271. The molecule has 1 fully saturated rings. The molecular weight excluding hydrogens is 368 g/mol. The van der Waals surface area contributed by atoms with Gasteiger partial charge in [0.05, 0.1) is 12.7 Å². The monoisotopic (exact) mass is 392 g/mol. The number of rotatable bonds is 5. The first-order valence-corrected chi connectivity index (χ1v) is 9.21. The average molecular weight is 393 g/mol. The number of piperazine rings is 1. The molecule has 0 amide bonds. The zero-order chi connectivity index (χ0) is 16.9. The molecular formula is C19H25BrN2O2+2. The first kappa shape index (κ1) is 17.3. The first-order chi connectivity index (χ1) is 11.7. The largest absolute Gasteiger partial charge is 0.504 e. The van der Waals surface area contributed by atoms with Gasteiger partial charge in [-0.25, -0.2) is 0 Å². The van der Waals surface area contributed by atoms with Crippen molar-refractivity contribution in [3.63, 3.8) is 0 Å². The highest BCUT2D eigenvalue weighted by atomic mass is 79.9. The molecule has 3 N–H and O–H groups in total. The number of phenols is 1. The maximum atomic E-state index is 10.3. The van der Waals surface area contributed by atoms with Crippen LogP contribution in [0.5, 0.6) is 11.5 Å². The van der Waals surface area contributed by atoms with Crippen LogP contribution in [-0.2, 0) is 13.1 Å². The summed E-state index contributed by atoms with van der Waals surface area (Å²) in [6.45, 7) is 6.50. The number of ether oxygens (including phenoxy) is 1. The van der Waals surface area contributed by atoms with Gasteiger partial charge < -0.3 is 19.6 Å². The van der Waals surface area contributed by atoms with Gasteiger partial charge in [0, 0.05) is 10.0 Å². The zero-order valence-corrected chi connectivity index (χ0v) is 15.6. The third-order valence-electron chi connectivity index (χ3n) is 4.74. The van der Waals surface area contributed by atoms with Crippen LogP contribution < -0.4 is 14.5 Å². The molecule has 2 aromatic rings. The van der Waals surface area contributed by atoms with Crippen LogP contribution in [0.25, 0.3) is 0 Å². The number of methoxy groups -OCH3 is 1. The summed E-state index contributed by atoms with van der Waals surface area (Å²) in [5.74, 6) is 0.805. The van der Waals surface area contributed by atoms with E-state index in [0.717, 1.165) is 49.3 Å². The van der Waals surface area contributed by atoms with E-state index in [-0.39, 0.29) is 5.75 Å². The van der Waals surface area contributed by atoms with Gasteiger partial charge in [0.25, 0.3) is 0 Å². The van der Waals surface area contributed by atoms with E-state index >= 15 is 0 Å². The molecule has 5 heteroatoms. The molecule has 0 saturated carbocycles. The summed E-state index contributed by atoms with van der Waals surface area (Å²) >= 11 is 3.49. The van der Waals surface area contributed by atoms with E-state index in [1.165, 1.54) is 10.5 Å². The fourth-order valence-electron chi connectivity index (χ4n) is 3.38. The van der Waals surface area contributed by atoms with Crippen LogP contribution in [0.1, 0.15) is 11.1 Å². The molecule has 0 bridgehead atoms. The van der Waals surface area contributed by atoms with Crippen molar-refractivity contribution in [1.29, 1.82) is 0 Å². The molecule has 1 saturated heterocycles. The van der Waals surface area contributed by atoms with Gasteiger partial charge in [0.15, 0.2) is 11.5 Å². The normalized spacial score (nSPS) is 20.8. The molecule has 0 unspecified atom stereocenters. The van der Waals surface area contributed by atoms with Crippen molar-refractivity contribution in [2.24, 2.45) is 0 Å². The van der Waals surface area contributed by atoms with Crippen LogP contribution in [0.2, 0.25) is 0 Å². The Morgan fingerprint density at radius 2 is 1.62 bits per heavy atom. The second-order valence-electron chi connectivity index (χ2n) is 6.45. The fraction of sp³-hybridized carbons (Fsp3) is 0.368. The standard InChI is InChI=1S/C19H23BrN2O2/c1-24-18-12-17(20)11-16(19(18)23)14-22-9-7-21(8-10-22)13-15-5-3-2-4-6-15/h2-6,11-12,23H,7-10,13-14H2,1H3/p+2. The fourth-order valence-corrected chi connectivity index (χ4v) is 3.87. The van der Waals surface area contributed by atoms with E-state index in [0.29, 0.717) is 5.75 Å². The van der Waals surface area contributed by atoms with Gasteiger partial charge in [0.2, 0.25) is 0 Å². The summed E-state index contributed by atoms with van der Waals surface area (Å²) in [5.41, 5.74) is 2.35. The Bertz CT molecular complexity index is 671. The maximum Gasteiger partial charge on any atom is 0.166 e. The molecule has 0 radical (unpaired) electrons. The second kappa shape index (κ2) is 8.01. The number of hydrogen-bond donors (Lipinski definition) is 3. The zero-order valence-electron chi connectivity index (χ0n) is 14.0. The lowest BCUT2D eigenvalue weighted by molar-refractivity contribution is -1.02. The third-order valence-corrected chi connectivity index (χ3v) is 5.20. The van der Waals surface area contributed by atoms with Crippen LogP contribution in [0.3, 0.4) is 0 Å². The Kier molecular flexibility index (Phi) is 5.76. The molecule has 0 spiro atoms. The Labute approximate surface area is 151 Å². The van der Waals surface area contributed by atoms with Crippen molar-refractivity contribution in [3.8, 4) is 11.5 Å². The number of aromatic hydroxyl groups is 1. The van der Waals surface area contributed by atoms with Gasteiger partial charge in [-0.2, -0.15) is 0 Å². The minimum absolute atomic E-state index is 0.271. The SMILES string of the molecule is COc1cc(Br)cc(C[NH+]2CC[NH+](Cc3ccccc3)CC2)c1O. The Morgan fingerprint density at radius 1 is 1.00 bits per heavy atom. The number of quaternary nitrogens is 2. The van der Waals surface area contributed by atoms with E-state index in [1.807, 2.05) is 6.07 Å². The molecule has 1 aliphatic rings. The molecule has 4 nitrogen and oxygen atoms in total. The Hall–Kier alpha value is -1.56. The van der Waals surface area contributed by atoms with Crippen LogP contribution in [0.15, 0.2) is 46.9 Å². The maximum absolute atomic E-state index is 10.3. The van der Waals surface area contributed by atoms with Crippen LogP contribution in [-0.4, -0.2) is 38.4 Å². The highest BCUT2D eigenvalue weighted by Crippen LogP contribution is 2.33. The van der Waals surface area contributed by atoms with Gasteiger partial charge in [0.1, 0.15) is 39.3 Å². The van der Waals surface area contributed by atoms with Crippen molar-refractivity contribution in [1.82, 2.24) is 0 Å². The smallest absolute Gasteiger partial charge is 0.166 e. The van der Waals surface area contributed by atoms with E-state index in [4.69, 9.17) is 4.74 Å². The molecule has 0 atom stereocenters. The van der Waals surface area contributed by atoms with E-state index in [9.17, 15) is 5.11 Å². The quantitative estimate of drug-likeness (QED) is 0.698. The number of nitrogens with one attached hydrogen (secondary N) is 2. The Morgan fingerprint density at radius 3 is 2.25 bits per heavy atom. The molecule has 0 aromatic heterocycles. The molecule has 24 heavy (non-hydrogen) atoms. The summed E-state index contributed by atoms with van der Waals surface area (Å²) in [6, 6.07) is 14.5. The van der Waals surface area contributed by atoms with Gasteiger partial charge >= 0.3 is 0 Å². The lowest BCUT2D eigenvalue weighted by atomic mass is 10.1. The summed E-state index contributed by atoms with van der Waals surface area (Å²) < 4.78 is 6.19. The Balaban J connectivity index is 1.57. The molecule has 2 aromatic carbocycles. The van der Waals surface area contributed by atoms with Gasteiger partial charge in [-0.15, -0.1) is 0 Å². The van der Waals surface area contributed by atoms with Crippen molar-refractivity contribution in [2.75, 3.05) is 33.3 Å². The van der Waals surface area contributed by atoms with Crippen molar-refractivity contribution < 1.29 is 19.6 Å². The van der Waals surface area contributed by atoms with E-state index < -0.39 is 0 Å². The first-order valence-electron chi connectivity index (χ1n) is 8.42. The van der Waals surface area contributed by atoms with Gasteiger partial charge in [-0.05, 0) is 12.1 Å². The molecule has 0 aliphatic carbocycles. The number of halogens is 1.